The van der Waals surface area contributed by atoms with E-state index in [0.717, 1.165) is 12.1 Å². The van der Waals surface area contributed by atoms with E-state index < -0.39 is 40.6 Å². The first kappa shape index (κ1) is 25.5. The number of ether oxygens (including phenoxy) is 2. The Kier molecular flexibility index (Phi) is 7.40. The summed E-state index contributed by atoms with van der Waals surface area (Å²) in [6.07, 6.45) is 1.43. The molecule has 0 radical (unpaired) electrons. The van der Waals surface area contributed by atoms with Crippen LogP contribution in [-0.2, 0) is 9.59 Å². The highest BCUT2D eigenvalue weighted by Crippen LogP contribution is 2.47. The maximum absolute atomic E-state index is 13.5. The lowest BCUT2D eigenvalue weighted by Crippen LogP contribution is -2.70. The molecule has 3 aliphatic rings. The maximum Gasteiger partial charge on any atom is 0.258 e. The predicted octanol–water partition coefficient (Wildman–Crippen LogP) is 3.78. The zero-order valence-electron chi connectivity index (χ0n) is 18.6. The number of nitrogens with one attached hydrogen (secondary N) is 2. The molecular weight excluding hydrogens is 505 g/mol. The number of aliphatic hydroxyl groups excluding tert-OH is 1. The van der Waals surface area contributed by atoms with Crippen LogP contribution < -0.4 is 20.1 Å². The van der Waals surface area contributed by atoms with Crippen LogP contribution in [0.1, 0.15) is 32.1 Å². The van der Waals surface area contributed by atoms with Gasteiger partial charge in [-0.1, -0.05) is 23.2 Å². The Bertz CT molecular complexity index is 1130. The molecule has 1 atom stereocenters. The van der Waals surface area contributed by atoms with Crippen molar-refractivity contribution < 1.29 is 33.0 Å². The van der Waals surface area contributed by atoms with Gasteiger partial charge < -0.3 is 25.2 Å². The summed E-state index contributed by atoms with van der Waals surface area (Å²) in [7, 11) is 0. The molecule has 2 aromatic carbocycles. The van der Waals surface area contributed by atoms with E-state index in [9.17, 15) is 23.5 Å². The number of hydrogen-bond acceptors (Lipinski definition) is 5. The Morgan fingerprint density at radius 2 is 1.49 bits per heavy atom. The van der Waals surface area contributed by atoms with Crippen LogP contribution >= 0.6 is 23.2 Å². The molecule has 0 heterocycles. The molecule has 2 aromatic rings. The molecular formula is C24H24Cl2F2N2O5. The number of aliphatic hydroxyl groups is 1. The molecule has 0 saturated heterocycles. The van der Waals surface area contributed by atoms with E-state index in [2.05, 4.69) is 10.6 Å². The van der Waals surface area contributed by atoms with Gasteiger partial charge in [-0.2, -0.15) is 0 Å². The van der Waals surface area contributed by atoms with E-state index in [1.807, 2.05) is 0 Å². The summed E-state index contributed by atoms with van der Waals surface area (Å²) in [5.74, 6) is -1.61. The quantitative estimate of drug-likeness (QED) is 0.484. The Morgan fingerprint density at radius 3 is 2.09 bits per heavy atom. The topological polar surface area (TPSA) is 96.9 Å². The van der Waals surface area contributed by atoms with Gasteiger partial charge in [-0.25, -0.2) is 8.78 Å². The Morgan fingerprint density at radius 1 is 0.886 bits per heavy atom. The Balaban J connectivity index is 1.28. The van der Waals surface area contributed by atoms with Gasteiger partial charge in [0.05, 0.1) is 21.7 Å². The van der Waals surface area contributed by atoms with Crippen LogP contribution in [0.5, 0.6) is 11.5 Å². The van der Waals surface area contributed by atoms with Gasteiger partial charge in [0, 0.05) is 17.7 Å². The van der Waals surface area contributed by atoms with Gasteiger partial charge in [0.2, 0.25) is 0 Å². The van der Waals surface area contributed by atoms with Gasteiger partial charge in [0.1, 0.15) is 23.1 Å². The number of carbonyl (C=O) groups is 2. The minimum absolute atomic E-state index is 0.0407. The van der Waals surface area contributed by atoms with Crippen LogP contribution in [0.2, 0.25) is 10.0 Å². The van der Waals surface area contributed by atoms with E-state index in [-0.39, 0.29) is 41.2 Å². The molecule has 0 aliphatic heterocycles. The number of amides is 2. The summed E-state index contributed by atoms with van der Waals surface area (Å²) in [5.41, 5.74) is -1.43. The molecule has 0 aromatic heterocycles. The van der Waals surface area contributed by atoms with Gasteiger partial charge in [-0.3, -0.25) is 9.59 Å². The fourth-order valence-electron chi connectivity index (χ4n) is 4.74. The summed E-state index contributed by atoms with van der Waals surface area (Å²) >= 11 is 11.4. The normalized spacial score (nSPS) is 25.1. The molecule has 3 N–H and O–H groups in total. The minimum Gasteiger partial charge on any atom is -0.484 e. The molecule has 3 aliphatic carbocycles. The highest BCUT2D eigenvalue weighted by Gasteiger charge is 2.55. The zero-order chi connectivity index (χ0) is 25.2. The second-order valence-electron chi connectivity index (χ2n) is 8.98. The number of rotatable bonds is 8. The number of benzene rings is 2. The Labute approximate surface area is 210 Å². The van der Waals surface area contributed by atoms with Crippen LogP contribution in [0, 0.1) is 11.6 Å². The summed E-state index contributed by atoms with van der Waals surface area (Å²) in [4.78, 5) is 25.0. The fourth-order valence-corrected chi connectivity index (χ4v) is 5.03. The lowest BCUT2D eigenvalue weighted by Gasteiger charge is -2.56. The Hall–Kier alpha value is -2.62. The summed E-state index contributed by atoms with van der Waals surface area (Å²) in [6.45, 7) is -0.632. The zero-order valence-corrected chi connectivity index (χ0v) is 20.1. The lowest BCUT2D eigenvalue weighted by atomic mass is 9.60. The summed E-state index contributed by atoms with van der Waals surface area (Å²) in [6, 6.07) is 7.70. The van der Waals surface area contributed by atoms with Crippen molar-refractivity contribution in [3.05, 3.63) is 58.1 Å². The molecule has 2 bridgehead atoms. The number of hydrogen-bond donors (Lipinski definition) is 3. The average molecular weight is 529 g/mol. The van der Waals surface area contributed by atoms with Crippen molar-refractivity contribution in [3.63, 3.8) is 0 Å². The molecule has 2 amide bonds. The van der Waals surface area contributed by atoms with Crippen molar-refractivity contribution in [3.8, 4) is 11.5 Å². The molecule has 0 spiro atoms. The second-order valence-corrected chi connectivity index (χ2v) is 9.80. The highest BCUT2D eigenvalue weighted by molar-refractivity contribution is 6.31. The molecule has 3 saturated carbocycles. The molecule has 11 heteroatoms. The minimum atomic E-state index is -0.874. The SMILES string of the molecule is O=C(COc1ccc(Cl)c(F)c1)NC12CCC(NC(=O)COc3ccc(F)c(Cl)c3)(CC1)[C@@H](O)C2. The van der Waals surface area contributed by atoms with Crippen LogP contribution in [-0.4, -0.2) is 47.3 Å². The van der Waals surface area contributed by atoms with E-state index in [1.54, 1.807) is 0 Å². The average Bonchev–Trinajstić information content (AvgIpc) is 2.82. The fraction of sp³-hybridized carbons (Fsp3) is 0.417. The van der Waals surface area contributed by atoms with E-state index in [1.165, 1.54) is 24.3 Å². The van der Waals surface area contributed by atoms with Gasteiger partial charge in [-0.05, 0) is 56.4 Å². The number of carbonyl (C=O) groups excluding carboxylic acids is 2. The largest absolute Gasteiger partial charge is 0.484 e. The van der Waals surface area contributed by atoms with Crippen LogP contribution in [0.3, 0.4) is 0 Å². The van der Waals surface area contributed by atoms with Gasteiger partial charge in [-0.15, -0.1) is 0 Å². The van der Waals surface area contributed by atoms with Gasteiger partial charge >= 0.3 is 0 Å². The monoisotopic (exact) mass is 528 g/mol. The molecule has 35 heavy (non-hydrogen) atoms. The molecule has 5 rings (SSSR count). The lowest BCUT2D eigenvalue weighted by molar-refractivity contribution is -0.137. The summed E-state index contributed by atoms with van der Waals surface area (Å²) < 4.78 is 37.5. The first-order chi connectivity index (χ1) is 16.6. The van der Waals surface area contributed by atoms with Crippen molar-refractivity contribution >= 4 is 35.0 Å². The molecule has 7 nitrogen and oxygen atoms in total. The smallest absolute Gasteiger partial charge is 0.258 e. The van der Waals surface area contributed by atoms with Crippen LogP contribution in [0.25, 0.3) is 0 Å². The van der Waals surface area contributed by atoms with Crippen LogP contribution in [0.15, 0.2) is 36.4 Å². The second kappa shape index (κ2) is 10.2. The number of fused-ring (bicyclic) bond motifs is 3. The third-order valence-electron chi connectivity index (χ3n) is 6.64. The van der Waals surface area contributed by atoms with Crippen LogP contribution in [0.4, 0.5) is 8.78 Å². The van der Waals surface area contributed by atoms with E-state index >= 15 is 0 Å². The highest BCUT2D eigenvalue weighted by atomic mass is 35.5. The van der Waals surface area contributed by atoms with Crippen molar-refractivity contribution in [2.45, 2.75) is 49.3 Å². The van der Waals surface area contributed by atoms with Gasteiger partial charge in [0.25, 0.3) is 11.8 Å². The van der Waals surface area contributed by atoms with Crippen molar-refractivity contribution in [1.82, 2.24) is 10.6 Å². The van der Waals surface area contributed by atoms with Crippen molar-refractivity contribution in [2.75, 3.05) is 13.2 Å². The van der Waals surface area contributed by atoms with Crippen molar-refractivity contribution in [1.29, 1.82) is 0 Å². The third kappa shape index (κ3) is 5.79. The molecule has 188 valence electrons. The standard InChI is InChI=1S/C24H24Cl2F2N2O5/c25-16-3-1-15(10-19(16)28)35-12-21(32)29-23-5-7-24(8-6-23,20(31)11-23)30-22(33)13-34-14-2-4-18(27)17(26)9-14/h1-4,9-10,20,31H,5-8,11-13H2,(H,29,32)(H,30,33)/t20-,23?,24?/m0/s1. The maximum atomic E-state index is 13.5. The van der Waals surface area contributed by atoms with Gasteiger partial charge in [0.15, 0.2) is 13.2 Å². The van der Waals surface area contributed by atoms with Crippen molar-refractivity contribution in [2.24, 2.45) is 0 Å². The third-order valence-corrected chi connectivity index (χ3v) is 7.23. The first-order valence-electron chi connectivity index (χ1n) is 11.1. The number of halogens is 4. The van der Waals surface area contributed by atoms with E-state index in [0.29, 0.717) is 25.7 Å². The molecule has 0 unspecified atom stereocenters. The van der Waals surface area contributed by atoms with E-state index in [4.69, 9.17) is 32.7 Å². The first-order valence-corrected chi connectivity index (χ1v) is 11.8. The molecule has 3 fully saturated rings. The predicted molar refractivity (Wildman–Crippen MR) is 125 cm³/mol. The summed E-state index contributed by atoms with van der Waals surface area (Å²) in [5, 5.41) is 16.5.